The van der Waals surface area contributed by atoms with Crippen molar-refractivity contribution in [3.05, 3.63) is 58.4 Å². The Morgan fingerprint density at radius 1 is 1.17 bits per heavy atom. The van der Waals surface area contributed by atoms with Crippen molar-refractivity contribution in [3.63, 3.8) is 0 Å². The Morgan fingerprint density at radius 2 is 1.86 bits per heavy atom. The number of nitrogens with one attached hydrogen (secondary N) is 3. The number of aromatic amines is 1. The van der Waals surface area contributed by atoms with Gasteiger partial charge in [-0.1, -0.05) is 35.9 Å². The van der Waals surface area contributed by atoms with Gasteiger partial charge in [0, 0.05) is 11.3 Å². The maximum atomic E-state index is 12.6. The van der Waals surface area contributed by atoms with Crippen molar-refractivity contribution in [2.45, 2.75) is 20.4 Å². The van der Waals surface area contributed by atoms with Crippen LogP contribution in [0.3, 0.4) is 0 Å². The summed E-state index contributed by atoms with van der Waals surface area (Å²) in [5.41, 5.74) is 3.58. The molecule has 3 N–H and O–H groups in total. The van der Waals surface area contributed by atoms with Gasteiger partial charge in [0.1, 0.15) is 6.54 Å². The zero-order valence-electron chi connectivity index (χ0n) is 16.2. The number of anilines is 2. The van der Waals surface area contributed by atoms with Crippen LogP contribution in [0.5, 0.6) is 0 Å². The molecule has 0 aliphatic heterocycles. The molecule has 8 nitrogen and oxygen atoms in total. The third-order valence-corrected chi connectivity index (χ3v) is 5.09. The minimum absolute atomic E-state index is 0.0404. The van der Waals surface area contributed by atoms with Crippen LogP contribution in [0.1, 0.15) is 11.1 Å². The quantitative estimate of drug-likeness (QED) is 0.519. The third-order valence-electron chi connectivity index (χ3n) is 4.19. The summed E-state index contributed by atoms with van der Waals surface area (Å²) in [5.74, 6) is 0.249. The molecule has 1 aromatic heterocycles. The van der Waals surface area contributed by atoms with Gasteiger partial charge in [-0.3, -0.25) is 19.2 Å². The number of benzene rings is 2. The molecule has 0 unspecified atom stereocenters. The summed E-state index contributed by atoms with van der Waals surface area (Å²) in [6.07, 6.45) is 1.07. The van der Waals surface area contributed by atoms with Crippen LogP contribution in [0.25, 0.3) is 11.4 Å². The van der Waals surface area contributed by atoms with Crippen LogP contribution in [-0.4, -0.2) is 35.3 Å². The van der Waals surface area contributed by atoms with Crippen LogP contribution < -0.4 is 10.0 Å². The van der Waals surface area contributed by atoms with Gasteiger partial charge in [0.15, 0.2) is 10.6 Å². The maximum absolute atomic E-state index is 12.6. The fraction of sp³-hybridized carbons (Fsp3) is 0.211. The number of aryl methyl sites for hydroxylation is 2. The number of nitrogens with zero attached hydrogens (tertiary/aromatic N) is 2. The number of amides is 1. The van der Waals surface area contributed by atoms with E-state index < -0.39 is 10.0 Å². The second-order valence-corrected chi connectivity index (χ2v) is 8.89. The average Bonchev–Trinajstić information content (AvgIpc) is 2.98. The lowest BCUT2D eigenvalue weighted by Crippen LogP contribution is -2.20. The number of carbonyl (C=O) groups excluding carboxylic acids is 1. The first-order valence-corrected chi connectivity index (χ1v) is 11.0. The van der Waals surface area contributed by atoms with Gasteiger partial charge in [0.05, 0.1) is 11.9 Å². The smallest absolute Gasteiger partial charge is 0.244 e. The van der Waals surface area contributed by atoms with Crippen molar-refractivity contribution >= 4 is 39.5 Å². The molecule has 1 amide bonds. The lowest BCUT2D eigenvalue weighted by atomic mass is 10.1. The van der Waals surface area contributed by atoms with E-state index in [1.807, 2.05) is 31.2 Å². The number of hydrogen-bond donors (Lipinski definition) is 3. The Labute approximate surface area is 174 Å². The number of H-pyrrole nitrogens is 1. The molecule has 0 aliphatic rings. The largest absolute Gasteiger partial charge is 0.324 e. The molecule has 0 spiro atoms. The van der Waals surface area contributed by atoms with E-state index in [2.05, 4.69) is 20.2 Å². The molecule has 0 saturated heterocycles. The fourth-order valence-electron chi connectivity index (χ4n) is 2.74. The molecule has 0 bridgehead atoms. The molecule has 0 radical (unpaired) electrons. The Kier molecular flexibility index (Phi) is 5.85. The number of rotatable bonds is 6. The second-order valence-electron chi connectivity index (χ2n) is 6.76. The van der Waals surface area contributed by atoms with Crippen molar-refractivity contribution in [1.82, 2.24) is 14.8 Å². The molecule has 152 valence electrons. The first-order valence-electron chi connectivity index (χ1n) is 8.73. The zero-order chi connectivity index (χ0) is 21.2. The van der Waals surface area contributed by atoms with Crippen molar-refractivity contribution in [1.29, 1.82) is 0 Å². The summed E-state index contributed by atoms with van der Waals surface area (Å²) in [7, 11) is -3.42. The number of hydrogen-bond acceptors (Lipinski definition) is 5. The Hall–Kier alpha value is -2.98. The van der Waals surface area contributed by atoms with E-state index in [1.165, 1.54) is 0 Å². The number of aromatic nitrogens is 3. The molecule has 0 atom stereocenters. The summed E-state index contributed by atoms with van der Waals surface area (Å²) in [6, 6.07) is 12.8. The van der Waals surface area contributed by atoms with Crippen LogP contribution in [0.2, 0.25) is 0 Å². The Morgan fingerprint density at radius 3 is 2.52 bits per heavy atom. The maximum Gasteiger partial charge on any atom is 0.244 e. The van der Waals surface area contributed by atoms with Crippen molar-refractivity contribution in [2.75, 3.05) is 16.3 Å². The standard InChI is InChI=1S/C19H21N5O3S2/c1-12-4-7-14(8-5-12)18-21-22-19(28)24(18)11-17(25)20-15-9-6-13(2)16(10-15)23-29(3,26)27/h4-10,23H,11H2,1-3H3,(H,20,25)(H,22,28). The lowest BCUT2D eigenvalue weighted by Gasteiger charge is -2.12. The van der Waals surface area contributed by atoms with E-state index in [4.69, 9.17) is 12.2 Å². The summed E-state index contributed by atoms with van der Waals surface area (Å²) in [6.45, 7) is 3.72. The first kappa shape index (κ1) is 20.7. The van der Waals surface area contributed by atoms with Crippen LogP contribution >= 0.6 is 12.2 Å². The van der Waals surface area contributed by atoms with E-state index in [0.717, 1.165) is 22.9 Å². The average molecular weight is 432 g/mol. The molecule has 1 heterocycles. The van der Waals surface area contributed by atoms with E-state index >= 15 is 0 Å². The molecule has 29 heavy (non-hydrogen) atoms. The number of carbonyl (C=O) groups is 1. The summed E-state index contributed by atoms with van der Waals surface area (Å²) in [4.78, 5) is 12.6. The van der Waals surface area contributed by atoms with Crippen molar-refractivity contribution in [3.8, 4) is 11.4 Å². The van der Waals surface area contributed by atoms with Gasteiger partial charge in [-0.05, 0) is 43.8 Å². The van der Waals surface area contributed by atoms with Crippen LogP contribution in [-0.2, 0) is 21.4 Å². The zero-order valence-corrected chi connectivity index (χ0v) is 17.8. The second kappa shape index (κ2) is 8.18. The van der Waals surface area contributed by atoms with E-state index in [0.29, 0.717) is 22.0 Å². The normalized spacial score (nSPS) is 11.3. The predicted octanol–water partition coefficient (Wildman–Crippen LogP) is 3.23. The molecule has 0 fully saturated rings. The van der Waals surface area contributed by atoms with Crippen molar-refractivity contribution < 1.29 is 13.2 Å². The van der Waals surface area contributed by atoms with Gasteiger partial charge in [0.25, 0.3) is 0 Å². The number of sulfonamides is 1. The minimum atomic E-state index is -3.42. The molecule has 0 aliphatic carbocycles. The molecule has 0 saturated carbocycles. The van der Waals surface area contributed by atoms with Gasteiger partial charge in [-0.25, -0.2) is 8.42 Å². The SMILES string of the molecule is Cc1ccc(-c2n[nH]c(=S)n2CC(=O)Nc2ccc(C)c(NS(C)(=O)=O)c2)cc1. The highest BCUT2D eigenvalue weighted by Crippen LogP contribution is 2.22. The first-order chi connectivity index (χ1) is 13.6. The van der Waals surface area contributed by atoms with E-state index in [-0.39, 0.29) is 12.5 Å². The molecular weight excluding hydrogens is 410 g/mol. The predicted molar refractivity (Wildman–Crippen MR) is 116 cm³/mol. The lowest BCUT2D eigenvalue weighted by molar-refractivity contribution is -0.116. The Balaban J connectivity index is 1.80. The van der Waals surface area contributed by atoms with Crippen LogP contribution in [0, 0.1) is 18.6 Å². The van der Waals surface area contributed by atoms with Crippen LogP contribution in [0.15, 0.2) is 42.5 Å². The van der Waals surface area contributed by atoms with Gasteiger partial charge in [0.2, 0.25) is 15.9 Å². The molecule has 2 aromatic carbocycles. The van der Waals surface area contributed by atoms with Gasteiger partial charge in [-0.2, -0.15) is 5.10 Å². The highest BCUT2D eigenvalue weighted by atomic mass is 32.2. The summed E-state index contributed by atoms with van der Waals surface area (Å²) >= 11 is 5.27. The van der Waals surface area contributed by atoms with Gasteiger partial charge >= 0.3 is 0 Å². The minimum Gasteiger partial charge on any atom is -0.324 e. The molecule has 3 aromatic rings. The molecular formula is C19H21N5O3S2. The molecule has 3 rings (SSSR count). The summed E-state index contributed by atoms with van der Waals surface area (Å²) in [5, 5.41) is 9.72. The van der Waals surface area contributed by atoms with Crippen LogP contribution in [0.4, 0.5) is 11.4 Å². The highest BCUT2D eigenvalue weighted by molar-refractivity contribution is 7.92. The molecule has 10 heteroatoms. The highest BCUT2D eigenvalue weighted by Gasteiger charge is 2.13. The fourth-order valence-corrected chi connectivity index (χ4v) is 3.56. The van der Waals surface area contributed by atoms with E-state index in [9.17, 15) is 13.2 Å². The topological polar surface area (TPSA) is 109 Å². The monoisotopic (exact) mass is 431 g/mol. The van der Waals surface area contributed by atoms with Gasteiger partial charge in [-0.15, -0.1) is 0 Å². The summed E-state index contributed by atoms with van der Waals surface area (Å²) < 4.78 is 27.4. The van der Waals surface area contributed by atoms with Crippen molar-refractivity contribution in [2.24, 2.45) is 0 Å². The van der Waals surface area contributed by atoms with Gasteiger partial charge < -0.3 is 5.32 Å². The van der Waals surface area contributed by atoms with E-state index in [1.54, 1.807) is 29.7 Å². The Bertz CT molecular complexity index is 1210. The third kappa shape index (κ3) is 5.30.